The fourth-order valence-corrected chi connectivity index (χ4v) is 5.16. The molecule has 4 atom stereocenters. The van der Waals surface area contributed by atoms with Crippen molar-refractivity contribution in [2.45, 2.75) is 83.9 Å². The predicted octanol–water partition coefficient (Wildman–Crippen LogP) is 4.26. The molecule has 0 spiro atoms. The van der Waals surface area contributed by atoms with Crippen LogP contribution in [0.25, 0.3) is 0 Å². The molecule has 8 heteroatoms. The highest BCUT2D eigenvalue weighted by Gasteiger charge is 2.46. The Balaban J connectivity index is 2.28. The van der Waals surface area contributed by atoms with Crippen LogP contribution in [0.3, 0.4) is 0 Å². The zero-order valence-electron chi connectivity index (χ0n) is 20.0. The molecule has 2 unspecified atom stereocenters. The molecular formula is C24H36N2O5S. The first-order valence-electron chi connectivity index (χ1n) is 11.0. The Labute approximate surface area is 195 Å². The number of hydrogen-bond acceptors (Lipinski definition) is 5. The van der Waals surface area contributed by atoms with E-state index < -0.39 is 35.7 Å². The first-order chi connectivity index (χ1) is 14.8. The summed E-state index contributed by atoms with van der Waals surface area (Å²) in [5.41, 5.74) is 1.62. The van der Waals surface area contributed by atoms with Gasteiger partial charge in [0.25, 0.3) is 0 Å². The molecule has 2 amide bonds. The molecule has 1 aliphatic rings. The van der Waals surface area contributed by atoms with Gasteiger partial charge in [0.15, 0.2) is 0 Å². The van der Waals surface area contributed by atoms with E-state index in [-0.39, 0.29) is 11.3 Å². The van der Waals surface area contributed by atoms with E-state index in [4.69, 9.17) is 9.84 Å². The number of nitrogens with one attached hydrogen (secondary N) is 1. The first kappa shape index (κ1) is 26.0. The second-order valence-electron chi connectivity index (χ2n) is 9.82. The molecule has 178 valence electrons. The molecule has 1 saturated heterocycles. The van der Waals surface area contributed by atoms with E-state index in [0.29, 0.717) is 11.7 Å². The number of thioether (sulfide) groups is 1. The summed E-state index contributed by atoms with van der Waals surface area (Å²) in [6.07, 6.45) is 0.430. The van der Waals surface area contributed by atoms with Crippen LogP contribution in [-0.4, -0.2) is 56.8 Å². The summed E-state index contributed by atoms with van der Waals surface area (Å²) in [5.74, 6) is -0.716. The molecule has 0 aromatic heterocycles. The van der Waals surface area contributed by atoms with E-state index in [2.05, 4.69) is 43.4 Å². The zero-order chi connectivity index (χ0) is 24.2. The fourth-order valence-electron chi connectivity index (χ4n) is 3.63. The van der Waals surface area contributed by atoms with E-state index in [0.717, 1.165) is 12.0 Å². The van der Waals surface area contributed by atoms with Crippen molar-refractivity contribution in [2.24, 2.45) is 5.92 Å². The highest BCUT2D eigenvalue weighted by molar-refractivity contribution is 8.00. The number of ether oxygens (including phenoxy) is 1. The number of rotatable bonds is 7. The van der Waals surface area contributed by atoms with Gasteiger partial charge in [0.05, 0.1) is 5.37 Å². The minimum atomic E-state index is -1.13. The van der Waals surface area contributed by atoms with Crippen molar-refractivity contribution in [1.29, 1.82) is 0 Å². The summed E-state index contributed by atoms with van der Waals surface area (Å²) in [7, 11) is 0. The highest BCUT2D eigenvalue weighted by atomic mass is 32.2. The van der Waals surface area contributed by atoms with Gasteiger partial charge in [-0.15, -0.1) is 11.8 Å². The minimum Gasteiger partial charge on any atom is -0.480 e. The molecule has 1 aromatic carbocycles. The second kappa shape index (κ2) is 10.6. The Bertz CT molecular complexity index is 819. The van der Waals surface area contributed by atoms with Gasteiger partial charge in [0.2, 0.25) is 5.91 Å². The molecule has 2 N–H and O–H groups in total. The molecule has 7 nitrogen and oxygen atoms in total. The number of hydrogen-bond donors (Lipinski definition) is 2. The van der Waals surface area contributed by atoms with Crippen molar-refractivity contribution in [3.63, 3.8) is 0 Å². The Kier molecular flexibility index (Phi) is 8.62. The largest absolute Gasteiger partial charge is 0.480 e. The third kappa shape index (κ3) is 6.89. The number of carboxylic acids is 1. The van der Waals surface area contributed by atoms with Crippen molar-refractivity contribution >= 4 is 29.7 Å². The number of carbonyl (C=O) groups is 3. The van der Waals surface area contributed by atoms with E-state index in [1.165, 1.54) is 29.1 Å². The quantitative estimate of drug-likeness (QED) is 0.626. The summed E-state index contributed by atoms with van der Waals surface area (Å²) >= 11 is 1.51. The summed E-state index contributed by atoms with van der Waals surface area (Å²) < 4.78 is 5.61. The monoisotopic (exact) mass is 464 g/mol. The van der Waals surface area contributed by atoms with Gasteiger partial charge in [-0.05, 0) is 51.2 Å². The van der Waals surface area contributed by atoms with Gasteiger partial charge in [0.1, 0.15) is 17.7 Å². The molecule has 32 heavy (non-hydrogen) atoms. The van der Waals surface area contributed by atoms with Gasteiger partial charge in [-0.3, -0.25) is 14.5 Å². The molecule has 1 fully saturated rings. The first-order valence-corrected chi connectivity index (χ1v) is 12.1. The summed E-state index contributed by atoms with van der Waals surface area (Å²) in [4.78, 5) is 38.6. The van der Waals surface area contributed by atoms with Crippen LogP contribution in [-0.2, 0) is 20.7 Å². The summed E-state index contributed by atoms with van der Waals surface area (Å²) in [6, 6.07) is 6.54. The van der Waals surface area contributed by atoms with Gasteiger partial charge >= 0.3 is 12.1 Å². The second-order valence-corrected chi connectivity index (χ2v) is 11.0. The van der Waals surface area contributed by atoms with E-state index in [1.54, 1.807) is 20.8 Å². The molecule has 0 aliphatic carbocycles. The molecule has 0 bridgehead atoms. The van der Waals surface area contributed by atoms with Crippen LogP contribution in [0.2, 0.25) is 0 Å². The van der Waals surface area contributed by atoms with E-state index in [1.807, 2.05) is 6.92 Å². The Morgan fingerprint density at radius 2 is 1.75 bits per heavy atom. The third-order valence-electron chi connectivity index (χ3n) is 5.25. The fraction of sp³-hybridized carbons (Fsp3) is 0.625. The van der Waals surface area contributed by atoms with Gasteiger partial charge in [0, 0.05) is 11.7 Å². The molecule has 1 heterocycles. The van der Waals surface area contributed by atoms with Crippen LogP contribution in [0, 0.1) is 5.92 Å². The lowest BCUT2D eigenvalue weighted by atomic mass is 9.96. The van der Waals surface area contributed by atoms with E-state index in [9.17, 15) is 14.4 Å². The smallest absolute Gasteiger partial charge is 0.411 e. The topological polar surface area (TPSA) is 95.9 Å². The number of aliphatic carboxylic acids is 1. The maximum absolute atomic E-state index is 13.1. The third-order valence-corrected chi connectivity index (χ3v) is 6.73. The number of amides is 2. The number of carbonyl (C=O) groups excluding carboxylic acids is 2. The molecule has 2 rings (SSSR count). The lowest BCUT2D eigenvalue weighted by Crippen LogP contribution is -2.54. The number of carboxylic acid groups (broad SMARTS) is 1. The SMILES string of the molecule is CC(C)Cc1ccc(C(C)C2SC[C@@H](C(=O)N[C@@H](C)C(=O)O)N2C(=O)OC(C)(C)C)cc1. The standard InChI is InChI=1S/C24H36N2O5S/c1-14(2)12-17-8-10-18(11-9-17)15(3)21-26(23(30)31-24(5,6)7)19(13-32-21)20(27)25-16(4)22(28)29/h8-11,14-16,19,21H,12-13H2,1-7H3,(H,25,27)(H,28,29)/t15?,16-,19-,21?/m0/s1. The molecular weight excluding hydrogens is 428 g/mol. The molecule has 0 radical (unpaired) electrons. The van der Waals surface area contributed by atoms with Crippen molar-refractivity contribution in [3.8, 4) is 0 Å². The lowest BCUT2D eigenvalue weighted by Gasteiger charge is -2.34. The lowest BCUT2D eigenvalue weighted by molar-refractivity contribution is -0.141. The van der Waals surface area contributed by atoms with E-state index >= 15 is 0 Å². The highest BCUT2D eigenvalue weighted by Crippen LogP contribution is 2.39. The summed E-state index contributed by atoms with van der Waals surface area (Å²) in [5, 5.41) is 11.3. The van der Waals surface area contributed by atoms with Crippen molar-refractivity contribution < 1.29 is 24.2 Å². The maximum Gasteiger partial charge on any atom is 0.411 e. The average molecular weight is 465 g/mol. The van der Waals surface area contributed by atoms with Crippen LogP contribution in [0.1, 0.15) is 65.5 Å². The van der Waals surface area contributed by atoms with Crippen LogP contribution < -0.4 is 5.32 Å². The van der Waals surface area contributed by atoms with Crippen LogP contribution in [0.5, 0.6) is 0 Å². The van der Waals surface area contributed by atoms with Gasteiger partial charge in [-0.25, -0.2) is 4.79 Å². The van der Waals surface area contributed by atoms with Crippen molar-refractivity contribution in [1.82, 2.24) is 10.2 Å². The maximum atomic E-state index is 13.1. The van der Waals surface area contributed by atoms with Crippen LogP contribution >= 0.6 is 11.8 Å². The number of benzene rings is 1. The van der Waals surface area contributed by atoms with Crippen molar-refractivity contribution in [2.75, 3.05) is 5.75 Å². The Hall–Kier alpha value is -2.22. The zero-order valence-corrected chi connectivity index (χ0v) is 20.9. The van der Waals surface area contributed by atoms with Gasteiger partial charge in [-0.2, -0.15) is 0 Å². The van der Waals surface area contributed by atoms with Crippen molar-refractivity contribution in [3.05, 3.63) is 35.4 Å². The average Bonchev–Trinajstić information content (AvgIpc) is 3.11. The molecule has 1 aliphatic heterocycles. The van der Waals surface area contributed by atoms with Gasteiger partial charge < -0.3 is 15.2 Å². The predicted molar refractivity (Wildman–Crippen MR) is 127 cm³/mol. The van der Waals surface area contributed by atoms with Crippen LogP contribution in [0.4, 0.5) is 4.79 Å². The normalized spacial score (nSPS) is 20.7. The van der Waals surface area contributed by atoms with Crippen LogP contribution in [0.15, 0.2) is 24.3 Å². The molecule has 1 aromatic rings. The minimum absolute atomic E-state index is 0.0460. The number of nitrogens with zero attached hydrogens (tertiary/aromatic N) is 1. The van der Waals surface area contributed by atoms with Gasteiger partial charge in [-0.1, -0.05) is 45.0 Å². The Morgan fingerprint density at radius 3 is 2.25 bits per heavy atom. The molecule has 0 saturated carbocycles. The Morgan fingerprint density at radius 1 is 1.16 bits per heavy atom. The summed E-state index contributed by atoms with van der Waals surface area (Å²) in [6.45, 7) is 13.1.